The first-order valence-corrected chi connectivity index (χ1v) is 17.0. The number of benzene rings is 2. The van der Waals surface area contributed by atoms with Crippen LogP contribution in [0.5, 0.6) is 5.75 Å². The molecule has 0 spiro atoms. The van der Waals surface area contributed by atoms with E-state index < -0.39 is 19.5 Å². The number of fused-ring (bicyclic) bond motifs is 3. The van der Waals surface area contributed by atoms with E-state index >= 15 is 0 Å². The number of nitrogens with one attached hydrogen (secondary N) is 1. The summed E-state index contributed by atoms with van der Waals surface area (Å²) >= 11 is 0. The second-order valence-corrected chi connectivity index (χ2v) is 13.0. The summed E-state index contributed by atoms with van der Waals surface area (Å²) < 4.78 is 39.6. The number of hydrogen-bond acceptors (Lipinski definition) is 9. The summed E-state index contributed by atoms with van der Waals surface area (Å²) in [6, 6.07) is 15.6. The monoisotopic (exact) mass is 625 g/mol. The number of rotatable bonds is 17. The highest BCUT2D eigenvalue weighted by molar-refractivity contribution is 7.57. The molecule has 0 saturated heterocycles. The number of para-hydroxylation sites is 2. The molecule has 3 atom stereocenters. The number of esters is 1. The topological polar surface area (TPSA) is 140 Å². The summed E-state index contributed by atoms with van der Waals surface area (Å²) in [6.45, 7) is 10.2. The van der Waals surface area contributed by atoms with Crippen molar-refractivity contribution in [2.75, 3.05) is 25.3 Å². The highest BCUT2D eigenvalue weighted by atomic mass is 31.2. The van der Waals surface area contributed by atoms with Gasteiger partial charge in [-0.05, 0) is 52.3 Å². The average Bonchev–Trinajstić information content (AvgIpc) is 3.38. The minimum atomic E-state index is -3.73. The molecule has 238 valence electrons. The molecule has 0 aliphatic heterocycles. The van der Waals surface area contributed by atoms with Crippen LogP contribution in [0.4, 0.5) is 5.82 Å². The Morgan fingerprint density at radius 1 is 1.02 bits per heavy atom. The second-order valence-electron chi connectivity index (χ2n) is 11.0. The minimum Gasteiger partial charge on any atom is -0.462 e. The second kappa shape index (κ2) is 15.5. The van der Waals surface area contributed by atoms with Gasteiger partial charge in [-0.3, -0.25) is 9.36 Å². The lowest BCUT2D eigenvalue weighted by Crippen LogP contribution is -2.36. The lowest BCUT2D eigenvalue weighted by Gasteiger charge is -2.26. The van der Waals surface area contributed by atoms with Crippen molar-refractivity contribution >= 4 is 41.2 Å². The highest BCUT2D eigenvalue weighted by Crippen LogP contribution is 2.44. The van der Waals surface area contributed by atoms with Crippen molar-refractivity contribution in [3.05, 3.63) is 60.4 Å². The van der Waals surface area contributed by atoms with Crippen molar-refractivity contribution < 1.29 is 28.1 Å². The number of aromatic nitrogens is 3. The summed E-state index contributed by atoms with van der Waals surface area (Å²) in [5, 5.41) is 3.79. The largest absolute Gasteiger partial charge is 0.462 e. The molecule has 0 amide bonds. The third-order valence-electron chi connectivity index (χ3n) is 6.98. The number of ether oxygens (including phenoxy) is 3. The summed E-state index contributed by atoms with van der Waals surface area (Å²) in [5.41, 5.74) is 8.64. The van der Waals surface area contributed by atoms with Crippen molar-refractivity contribution in [2.24, 2.45) is 0 Å². The molecule has 3 unspecified atom stereocenters. The summed E-state index contributed by atoms with van der Waals surface area (Å²) in [6.07, 6.45) is 2.08. The van der Waals surface area contributed by atoms with Crippen LogP contribution in [0.1, 0.15) is 65.7 Å². The van der Waals surface area contributed by atoms with E-state index in [1.807, 2.05) is 37.3 Å². The number of unbranched alkanes of at least 4 members (excludes halogenated alkanes) is 1. The van der Waals surface area contributed by atoms with Crippen LogP contribution >= 0.6 is 7.52 Å². The number of nitrogen functional groups attached to an aromatic ring is 1. The summed E-state index contributed by atoms with van der Waals surface area (Å²) in [4.78, 5) is 22.0. The first-order valence-electron chi connectivity index (χ1n) is 15.2. The van der Waals surface area contributed by atoms with Gasteiger partial charge in [0.15, 0.2) is 5.82 Å². The zero-order valence-corrected chi connectivity index (χ0v) is 27.1. The van der Waals surface area contributed by atoms with E-state index in [-0.39, 0.29) is 31.7 Å². The number of imidazole rings is 1. The Hall–Kier alpha value is -3.50. The molecule has 12 heteroatoms. The Kier molecular flexibility index (Phi) is 11.7. The molecule has 4 rings (SSSR count). The van der Waals surface area contributed by atoms with Crippen molar-refractivity contribution in [1.82, 2.24) is 19.6 Å². The van der Waals surface area contributed by atoms with Gasteiger partial charge in [0, 0.05) is 12.0 Å². The van der Waals surface area contributed by atoms with E-state index in [4.69, 9.17) is 29.5 Å². The van der Waals surface area contributed by atoms with E-state index in [0.29, 0.717) is 29.5 Å². The normalized spacial score (nSPS) is 14.5. The van der Waals surface area contributed by atoms with E-state index in [1.54, 1.807) is 45.0 Å². The molecule has 4 aromatic rings. The van der Waals surface area contributed by atoms with Crippen molar-refractivity contribution in [3.63, 3.8) is 0 Å². The summed E-state index contributed by atoms with van der Waals surface area (Å²) in [5.74, 6) is 0.926. The fraction of sp³-hybridized carbons (Fsp3) is 0.469. The number of carbonyl (C=O) groups excluding carboxylic acids is 1. The van der Waals surface area contributed by atoms with Crippen LogP contribution in [0.2, 0.25) is 0 Å². The molecule has 0 radical (unpaired) electrons. The fourth-order valence-corrected chi connectivity index (χ4v) is 6.70. The average molecular weight is 626 g/mol. The van der Waals surface area contributed by atoms with Crippen molar-refractivity contribution in [3.8, 4) is 5.75 Å². The first kappa shape index (κ1) is 33.4. The first-order chi connectivity index (χ1) is 21.2. The Morgan fingerprint density at radius 2 is 1.75 bits per heavy atom. The molecule has 0 aliphatic rings. The number of pyridine rings is 1. The smallest absolute Gasteiger partial charge is 0.342 e. The molecular formula is C32H44N5O6P. The minimum absolute atomic E-state index is 0.186. The predicted molar refractivity (Wildman–Crippen MR) is 173 cm³/mol. The van der Waals surface area contributed by atoms with Crippen LogP contribution in [0, 0.1) is 0 Å². The van der Waals surface area contributed by atoms with Crippen molar-refractivity contribution in [1.29, 1.82) is 0 Å². The molecule has 11 nitrogen and oxygen atoms in total. The van der Waals surface area contributed by atoms with Gasteiger partial charge in [0.05, 0.1) is 29.8 Å². The SMILES string of the molecule is CCCCC(COCP(=O)(NC(C)C(=O)OC(C)C)Oc1ccccc1)n1c(COCC)nc2c(N)nc3ccccc3c21. The zero-order chi connectivity index (χ0) is 31.7. The van der Waals surface area contributed by atoms with Gasteiger partial charge in [-0.2, -0.15) is 0 Å². The summed E-state index contributed by atoms with van der Waals surface area (Å²) in [7, 11) is -3.73. The maximum atomic E-state index is 14.2. The number of nitrogens with zero attached hydrogens (tertiary/aromatic N) is 3. The molecule has 0 bridgehead atoms. The van der Waals surface area contributed by atoms with E-state index in [9.17, 15) is 9.36 Å². The number of hydrogen-bond donors (Lipinski definition) is 2. The van der Waals surface area contributed by atoms with Crippen LogP contribution in [0.15, 0.2) is 54.6 Å². The number of carbonyl (C=O) groups is 1. The molecule has 2 aromatic heterocycles. The Bertz CT molecular complexity index is 1580. The lowest BCUT2D eigenvalue weighted by atomic mass is 10.1. The Balaban J connectivity index is 1.67. The maximum absolute atomic E-state index is 14.2. The van der Waals surface area contributed by atoms with E-state index in [2.05, 4.69) is 21.6 Å². The van der Waals surface area contributed by atoms with E-state index in [0.717, 1.165) is 35.7 Å². The lowest BCUT2D eigenvalue weighted by molar-refractivity contribution is -0.149. The molecule has 2 aromatic carbocycles. The van der Waals surface area contributed by atoms with Crippen LogP contribution in [-0.2, 0) is 30.2 Å². The zero-order valence-electron chi connectivity index (χ0n) is 26.2. The molecule has 2 heterocycles. The number of nitrogens with two attached hydrogens (primary N) is 1. The van der Waals surface area contributed by atoms with Gasteiger partial charge < -0.3 is 29.0 Å². The Labute approximate surface area is 258 Å². The standard InChI is InChI=1S/C32H44N5O6P/c1-6-8-14-24(37-28(20-40-7-2)35-29-30(37)26-17-12-13-18-27(26)34-31(29)33)19-41-21-44(39,43-25-15-10-9-11-16-25)36-23(5)32(38)42-22(3)4/h9-13,15-18,22-24H,6-8,14,19-21H2,1-5H3,(H2,33,34)(H,36,39). The molecule has 0 fully saturated rings. The van der Waals surface area contributed by atoms with Crippen LogP contribution in [0.25, 0.3) is 21.9 Å². The van der Waals surface area contributed by atoms with Crippen LogP contribution in [0.3, 0.4) is 0 Å². The third-order valence-corrected chi connectivity index (χ3v) is 8.79. The van der Waals surface area contributed by atoms with Crippen molar-refractivity contribution in [2.45, 2.75) is 78.7 Å². The molecule has 0 aliphatic carbocycles. The Morgan fingerprint density at radius 3 is 2.45 bits per heavy atom. The highest BCUT2D eigenvalue weighted by Gasteiger charge is 2.32. The fourth-order valence-electron chi connectivity index (χ4n) is 5.02. The predicted octanol–water partition coefficient (Wildman–Crippen LogP) is 6.61. The van der Waals surface area contributed by atoms with Gasteiger partial charge in [0.1, 0.15) is 36.1 Å². The molecule has 0 saturated carbocycles. The van der Waals surface area contributed by atoms with E-state index in [1.165, 1.54) is 0 Å². The van der Waals surface area contributed by atoms with Crippen LogP contribution < -0.4 is 15.3 Å². The number of anilines is 1. The van der Waals surface area contributed by atoms with Gasteiger partial charge in [0.2, 0.25) is 0 Å². The maximum Gasteiger partial charge on any atom is 0.342 e. The third kappa shape index (κ3) is 8.35. The quantitative estimate of drug-likeness (QED) is 0.0973. The molecule has 44 heavy (non-hydrogen) atoms. The van der Waals surface area contributed by atoms with Gasteiger partial charge >= 0.3 is 13.5 Å². The van der Waals surface area contributed by atoms with Gasteiger partial charge in [-0.1, -0.05) is 56.2 Å². The molecule has 3 N–H and O–H groups in total. The molecular weight excluding hydrogens is 581 g/mol. The van der Waals surface area contributed by atoms with Crippen LogP contribution in [-0.4, -0.2) is 52.2 Å². The van der Waals surface area contributed by atoms with Gasteiger partial charge in [-0.25, -0.2) is 15.1 Å². The van der Waals surface area contributed by atoms with Gasteiger partial charge in [-0.15, -0.1) is 0 Å². The van der Waals surface area contributed by atoms with Gasteiger partial charge in [0.25, 0.3) is 0 Å².